The van der Waals surface area contributed by atoms with Gasteiger partial charge in [0.25, 0.3) is 0 Å². The number of rotatable bonds is 6. The summed E-state index contributed by atoms with van der Waals surface area (Å²) in [5.74, 6) is 0. The van der Waals surface area contributed by atoms with E-state index < -0.39 is 6.10 Å². The Hall–Kier alpha value is -1.84. The first-order valence-corrected chi connectivity index (χ1v) is 7.66. The van der Waals surface area contributed by atoms with Gasteiger partial charge in [-0.05, 0) is 42.3 Å². The van der Waals surface area contributed by atoms with Gasteiger partial charge >= 0.3 is 0 Å². The minimum absolute atomic E-state index is 0.179. The fourth-order valence-corrected chi connectivity index (χ4v) is 2.69. The summed E-state index contributed by atoms with van der Waals surface area (Å²) in [7, 11) is 0. The van der Waals surface area contributed by atoms with Gasteiger partial charge in [-0.3, -0.25) is 4.79 Å². The fraction of sp³-hybridized carbons (Fsp3) is 0.167. The molecule has 2 aromatic rings. The predicted octanol–water partition coefficient (Wildman–Crippen LogP) is 3.86. The molecule has 2 rings (SSSR count). The molecule has 0 aliphatic rings. The first-order valence-electron chi connectivity index (χ1n) is 6.85. The number of hydrogen-bond acceptors (Lipinski definition) is 3. The van der Waals surface area contributed by atoms with Gasteiger partial charge in [0.15, 0.2) is 0 Å². The molecule has 108 valence electrons. The second-order valence-electron chi connectivity index (χ2n) is 4.77. The third kappa shape index (κ3) is 4.88. The van der Waals surface area contributed by atoms with E-state index in [2.05, 4.69) is 6.58 Å². The van der Waals surface area contributed by atoms with E-state index in [0.717, 1.165) is 28.6 Å². The Morgan fingerprint density at radius 2 is 1.62 bits per heavy atom. The molecule has 1 unspecified atom stereocenters. The number of thioether (sulfide) groups is 1. The molecule has 0 spiro atoms. The molecule has 0 saturated carbocycles. The first kappa shape index (κ1) is 15.5. The highest BCUT2D eigenvalue weighted by Crippen LogP contribution is 2.23. The van der Waals surface area contributed by atoms with E-state index in [-0.39, 0.29) is 10.7 Å². The van der Waals surface area contributed by atoms with Crippen molar-refractivity contribution in [3.8, 4) is 0 Å². The summed E-state index contributed by atoms with van der Waals surface area (Å²) in [6, 6.07) is 19.3. The second kappa shape index (κ2) is 7.81. The lowest BCUT2D eigenvalue weighted by Crippen LogP contribution is -2.16. The van der Waals surface area contributed by atoms with Gasteiger partial charge in [-0.1, -0.05) is 55.1 Å². The lowest BCUT2D eigenvalue weighted by molar-refractivity contribution is -0.108. The van der Waals surface area contributed by atoms with E-state index in [1.807, 2.05) is 60.7 Å². The Labute approximate surface area is 129 Å². The molecule has 0 radical (unpaired) electrons. The molecule has 0 fully saturated rings. The van der Waals surface area contributed by atoms with Crippen LogP contribution in [0.3, 0.4) is 0 Å². The van der Waals surface area contributed by atoms with Gasteiger partial charge in [0, 0.05) is 10.5 Å². The lowest BCUT2D eigenvalue weighted by Gasteiger charge is -2.12. The van der Waals surface area contributed by atoms with Crippen LogP contribution in [0.1, 0.15) is 12.0 Å². The average molecular weight is 298 g/mol. The van der Waals surface area contributed by atoms with Crippen molar-refractivity contribution in [2.24, 2.45) is 0 Å². The number of benzene rings is 2. The Kier molecular flexibility index (Phi) is 5.78. The normalized spacial score (nSPS) is 11.9. The minimum atomic E-state index is -0.797. The highest BCUT2D eigenvalue weighted by molar-refractivity contribution is 8.14. The Bertz CT molecular complexity index is 593. The van der Waals surface area contributed by atoms with Crippen molar-refractivity contribution < 1.29 is 9.90 Å². The Morgan fingerprint density at radius 1 is 1.05 bits per heavy atom. The second-order valence-corrected chi connectivity index (χ2v) is 5.81. The molecule has 0 bridgehead atoms. The molecule has 0 aromatic heterocycles. The average Bonchev–Trinajstić information content (AvgIpc) is 2.53. The monoisotopic (exact) mass is 298 g/mol. The van der Waals surface area contributed by atoms with Crippen molar-refractivity contribution in [1.82, 2.24) is 0 Å². The van der Waals surface area contributed by atoms with Crippen LogP contribution in [0.15, 0.2) is 77.7 Å². The summed E-state index contributed by atoms with van der Waals surface area (Å²) in [6.07, 6.45) is 0.433. The van der Waals surface area contributed by atoms with Gasteiger partial charge in [0.1, 0.15) is 0 Å². The molecular formula is C18H18O2S. The summed E-state index contributed by atoms with van der Waals surface area (Å²) in [4.78, 5) is 12.9. The van der Waals surface area contributed by atoms with Crippen molar-refractivity contribution in [2.75, 3.05) is 0 Å². The maximum atomic E-state index is 12.1. The first-order chi connectivity index (χ1) is 10.2. The largest absolute Gasteiger partial charge is 0.388 e. The molecular weight excluding hydrogens is 280 g/mol. The minimum Gasteiger partial charge on any atom is -0.388 e. The molecule has 1 N–H and O–H groups in total. The van der Waals surface area contributed by atoms with Crippen LogP contribution in [0.2, 0.25) is 0 Å². The van der Waals surface area contributed by atoms with E-state index in [9.17, 15) is 9.90 Å². The van der Waals surface area contributed by atoms with Gasteiger partial charge in [-0.15, -0.1) is 0 Å². The summed E-state index contributed by atoms with van der Waals surface area (Å²) >= 11 is 1.10. The van der Waals surface area contributed by atoms with Gasteiger partial charge in [0.05, 0.1) is 6.10 Å². The highest BCUT2D eigenvalue weighted by atomic mass is 32.2. The SMILES string of the molecule is C=C(C(=O)Sc1ccccc1)C(O)CCc1ccccc1. The summed E-state index contributed by atoms with van der Waals surface area (Å²) in [5.41, 5.74) is 1.41. The summed E-state index contributed by atoms with van der Waals surface area (Å²) in [5, 5.41) is 9.91. The standard InChI is InChI=1S/C18H18O2S/c1-14(18(20)21-16-10-6-3-7-11-16)17(19)13-12-15-8-4-2-5-9-15/h2-11,17,19H,1,12-13H2. The van der Waals surface area contributed by atoms with Crippen LogP contribution in [-0.4, -0.2) is 16.3 Å². The molecule has 0 saturated heterocycles. The summed E-state index contributed by atoms with van der Waals surface area (Å²) in [6.45, 7) is 3.74. The third-order valence-electron chi connectivity index (χ3n) is 3.17. The maximum absolute atomic E-state index is 12.1. The topological polar surface area (TPSA) is 37.3 Å². The molecule has 0 aliphatic carbocycles. The molecule has 0 heterocycles. The number of carbonyl (C=O) groups is 1. The van der Waals surface area contributed by atoms with E-state index in [0.29, 0.717) is 6.42 Å². The van der Waals surface area contributed by atoms with Crippen molar-refractivity contribution in [2.45, 2.75) is 23.8 Å². The van der Waals surface area contributed by atoms with Crippen LogP contribution in [0, 0.1) is 0 Å². The van der Waals surface area contributed by atoms with Crippen molar-refractivity contribution in [3.05, 3.63) is 78.4 Å². The van der Waals surface area contributed by atoms with Gasteiger partial charge in [-0.25, -0.2) is 0 Å². The Balaban J connectivity index is 1.85. The molecule has 1 atom stereocenters. The quantitative estimate of drug-likeness (QED) is 0.650. The molecule has 2 aromatic carbocycles. The van der Waals surface area contributed by atoms with E-state index in [1.165, 1.54) is 0 Å². The van der Waals surface area contributed by atoms with Crippen molar-refractivity contribution in [3.63, 3.8) is 0 Å². The van der Waals surface area contributed by atoms with Crippen LogP contribution in [0.5, 0.6) is 0 Å². The predicted molar refractivity (Wildman–Crippen MR) is 87.2 cm³/mol. The van der Waals surface area contributed by atoms with Crippen LogP contribution in [-0.2, 0) is 11.2 Å². The molecule has 2 nitrogen and oxygen atoms in total. The zero-order valence-corrected chi connectivity index (χ0v) is 12.6. The number of aliphatic hydroxyl groups excluding tert-OH is 1. The molecule has 21 heavy (non-hydrogen) atoms. The van der Waals surface area contributed by atoms with Gasteiger partial charge < -0.3 is 5.11 Å². The van der Waals surface area contributed by atoms with E-state index in [1.54, 1.807) is 0 Å². The zero-order valence-electron chi connectivity index (χ0n) is 11.7. The van der Waals surface area contributed by atoms with E-state index in [4.69, 9.17) is 0 Å². The smallest absolute Gasteiger partial charge is 0.222 e. The maximum Gasteiger partial charge on any atom is 0.222 e. The highest BCUT2D eigenvalue weighted by Gasteiger charge is 2.17. The summed E-state index contributed by atoms with van der Waals surface area (Å²) < 4.78 is 0. The fourth-order valence-electron chi connectivity index (χ4n) is 1.92. The van der Waals surface area contributed by atoms with Crippen LogP contribution in [0.25, 0.3) is 0 Å². The molecule has 3 heteroatoms. The number of aliphatic hydroxyl groups is 1. The van der Waals surface area contributed by atoms with Crippen LogP contribution in [0.4, 0.5) is 0 Å². The Morgan fingerprint density at radius 3 is 2.24 bits per heavy atom. The number of carbonyl (C=O) groups excluding carboxylic acids is 1. The zero-order chi connectivity index (χ0) is 15.1. The lowest BCUT2D eigenvalue weighted by atomic mass is 10.0. The molecule has 0 aliphatic heterocycles. The number of hydrogen-bond donors (Lipinski definition) is 1. The number of aryl methyl sites for hydroxylation is 1. The van der Waals surface area contributed by atoms with E-state index >= 15 is 0 Å². The van der Waals surface area contributed by atoms with Crippen molar-refractivity contribution in [1.29, 1.82) is 0 Å². The third-order valence-corrected chi connectivity index (χ3v) is 4.12. The molecule has 0 amide bonds. The van der Waals surface area contributed by atoms with Crippen LogP contribution >= 0.6 is 11.8 Å². The van der Waals surface area contributed by atoms with Gasteiger partial charge in [-0.2, -0.15) is 0 Å². The van der Waals surface area contributed by atoms with Crippen LogP contribution < -0.4 is 0 Å². The van der Waals surface area contributed by atoms with Gasteiger partial charge in [0.2, 0.25) is 5.12 Å². The van der Waals surface area contributed by atoms with Crippen molar-refractivity contribution >= 4 is 16.9 Å².